The molecular weight excluding hydrogens is 220 g/mol. The quantitative estimate of drug-likeness (QED) is 0.872. The second-order valence-electron chi connectivity index (χ2n) is 4.85. The van der Waals surface area contributed by atoms with Gasteiger partial charge in [-0.25, -0.2) is 0 Å². The Labute approximate surface area is 109 Å². The number of aromatic nitrogens is 1. The summed E-state index contributed by atoms with van der Waals surface area (Å²) in [5, 5.41) is 0. The summed E-state index contributed by atoms with van der Waals surface area (Å²) in [6, 6.07) is 12.9. The van der Waals surface area contributed by atoms with Crippen LogP contribution in [0.4, 0.5) is 0 Å². The molecule has 1 aromatic carbocycles. The molecule has 1 heterocycles. The molecule has 1 atom stereocenters. The van der Waals surface area contributed by atoms with E-state index < -0.39 is 0 Å². The first kappa shape index (κ1) is 12.8. The number of rotatable bonds is 5. The van der Waals surface area contributed by atoms with Gasteiger partial charge in [0.2, 0.25) is 0 Å². The van der Waals surface area contributed by atoms with Gasteiger partial charge in [-0.2, -0.15) is 0 Å². The Morgan fingerprint density at radius 1 is 1.11 bits per heavy atom. The van der Waals surface area contributed by atoms with Crippen LogP contribution in [-0.2, 0) is 12.8 Å². The highest BCUT2D eigenvalue weighted by Gasteiger charge is 2.04. The van der Waals surface area contributed by atoms with E-state index in [9.17, 15) is 0 Å². The van der Waals surface area contributed by atoms with E-state index in [1.807, 2.05) is 24.5 Å². The van der Waals surface area contributed by atoms with Crippen molar-refractivity contribution in [2.24, 2.45) is 5.73 Å². The third-order valence-corrected chi connectivity index (χ3v) is 3.13. The van der Waals surface area contributed by atoms with Crippen molar-refractivity contribution in [1.82, 2.24) is 4.98 Å². The molecule has 0 fully saturated rings. The van der Waals surface area contributed by atoms with Crippen molar-refractivity contribution in [3.8, 4) is 0 Å². The number of hydrogen-bond acceptors (Lipinski definition) is 2. The Bertz CT molecular complexity index is 479. The number of nitrogens with two attached hydrogens (primary N) is 1. The molecule has 1 aromatic heterocycles. The molecule has 2 heteroatoms. The maximum Gasteiger partial charge on any atom is 0.0270 e. The molecule has 0 radical (unpaired) electrons. The number of nitrogens with zero attached hydrogens (tertiary/aromatic N) is 1. The average Bonchev–Trinajstić information content (AvgIpc) is 2.38. The summed E-state index contributed by atoms with van der Waals surface area (Å²) >= 11 is 0. The molecule has 18 heavy (non-hydrogen) atoms. The standard InChI is InChI=1S/C16H20N2/c1-13-3-2-4-14(11-13)5-6-16(17)12-15-7-9-18-10-8-15/h2-4,7-11,16H,5-6,12,17H2,1H3. The fourth-order valence-electron chi connectivity index (χ4n) is 2.14. The van der Waals surface area contributed by atoms with Gasteiger partial charge in [-0.05, 0) is 49.4 Å². The smallest absolute Gasteiger partial charge is 0.0270 e. The summed E-state index contributed by atoms with van der Waals surface area (Å²) in [5.74, 6) is 0. The van der Waals surface area contributed by atoms with Crippen molar-refractivity contribution in [3.05, 3.63) is 65.5 Å². The summed E-state index contributed by atoms with van der Waals surface area (Å²) in [4.78, 5) is 4.02. The molecule has 2 nitrogen and oxygen atoms in total. The van der Waals surface area contributed by atoms with Gasteiger partial charge in [0.1, 0.15) is 0 Å². The highest BCUT2D eigenvalue weighted by atomic mass is 14.6. The van der Waals surface area contributed by atoms with E-state index >= 15 is 0 Å². The van der Waals surface area contributed by atoms with Crippen LogP contribution in [0.15, 0.2) is 48.8 Å². The molecule has 0 aliphatic carbocycles. The zero-order valence-electron chi connectivity index (χ0n) is 10.8. The fourth-order valence-corrected chi connectivity index (χ4v) is 2.14. The minimum atomic E-state index is 0.216. The topological polar surface area (TPSA) is 38.9 Å². The normalized spacial score (nSPS) is 12.3. The molecule has 2 rings (SSSR count). The molecule has 0 bridgehead atoms. The van der Waals surface area contributed by atoms with Crippen LogP contribution in [0.25, 0.3) is 0 Å². The van der Waals surface area contributed by atoms with E-state index in [0.717, 1.165) is 19.3 Å². The Kier molecular flexibility index (Phi) is 4.48. The van der Waals surface area contributed by atoms with E-state index in [-0.39, 0.29) is 6.04 Å². The van der Waals surface area contributed by atoms with Crippen LogP contribution in [0.2, 0.25) is 0 Å². The first-order chi connectivity index (χ1) is 8.74. The predicted octanol–water partition coefficient (Wildman–Crippen LogP) is 2.89. The van der Waals surface area contributed by atoms with Crippen molar-refractivity contribution in [2.45, 2.75) is 32.2 Å². The van der Waals surface area contributed by atoms with Gasteiger partial charge in [0.15, 0.2) is 0 Å². The van der Waals surface area contributed by atoms with Gasteiger partial charge in [0.05, 0.1) is 0 Å². The summed E-state index contributed by atoms with van der Waals surface area (Å²) in [7, 11) is 0. The molecular formula is C16H20N2. The molecule has 0 saturated heterocycles. The molecule has 0 spiro atoms. The van der Waals surface area contributed by atoms with E-state index in [4.69, 9.17) is 5.73 Å². The SMILES string of the molecule is Cc1cccc(CCC(N)Cc2ccncc2)c1. The molecule has 0 amide bonds. The number of benzene rings is 1. The molecule has 0 saturated carbocycles. The Hall–Kier alpha value is -1.67. The van der Waals surface area contributed by atoms with Crippen LogP contribution >= 0.6 is 0 Å². The number of aryl methyl sites for hydroxylation is 2. The maximum absolute atomic E-state index is 6.17. The van der Waals surface area contributed by atoms with Gasteiger partial charge >= 0.3 is 0 Å². The van der Waals surface area contributed by atoms with Gasteiger partial charge in [-0.15, -0.1) is 0 Å². The zero-order chi connectivity index (χ0) is 12.8. The van der Waals surface area contributed by atoms with Crippen molar-refractivity contribution >= 4 is 0 Å². The molecule has 2 aromatic rings. The van der Waals surface area contributed by atoms with Crippen LogP contribution in [-0.4, -0.2) is 11.0 Å². The van der Waals surface area contributed by atoms with Crippen LogP contribution in [0.3, 0.4) is 0 Å². The van der Waals surface area contributed by atoms with Crippen molar-refractivity contribution < 1.29 is 0 Å². The minimum absolute atomic E-state index is 0.216. The third kappa shape index (κ3) is 3.97. The van der Waals surface area contributed by atoms with Crippen LogP contribution in [0.5, 0.6) is 0 Å². The average molecular weight is 240 g/mol. The van der Waals surface area contributed by atoms with Gasteiger partial charge < -0.3 is 5.73 Å². The minimum Gasteiger partial charge on any atom is -0.327 e. The zero-order valence-corrected chi connectivity index (χ0v) is 10.8. The highest BCUT2D eigenvalue weighted by Crippen LogP contribution is 2.10. The summed E-state index contributed by atoms with van der Waals surface area (Å²) < 4.78 is 0. The van der Waals surface area contributed by atoms with Gasteiger partial charge in [0.25, 0.3) is 0 Å². The number of pyridine rings is 1. The largest absolute Gasteiger partial charge is 0.327 e. The highest BCUT2D eigenvalue weighted by molar-refractivity contribution is 5.22. The Morgan fingerprint density at radius 3 is 2.61 bits per heavy atom. The first-order valence-corrected chi connectivity index (χ1v) is 6.44. The van der Waals surface area contributed by atoms with E-state index in [0.29, 0.717) is 0 Å². The second-order valence-corrected chi connectivity index (χ2v) is 4.85. The van der Waals surface area contributed by atoms with E-state index in [2.05, 4.69) is 36.2 Å². The lowest BCUT2D eigenvalue weighted by molar-refractivity contribution is 0.610. The van der Waals surface area contributed by atoms with Crippen molar-refractivity contribution in [2.75, 3.05) is 0 Å². The van der Waals surface area contributed by atoms with E-state index in [1.54, 1.807) is 0 Å². The van der Waals surface area contributed by atoms with Crippen LogP contribution < -0.4 is 5.73 Å². The predicted molar refractivity (Wildman–Crippen MR) is 75.4 cm³/mol. The van der Waals surface area contributed by atoms with Gasteiger partial charge in [0, 0.05) is 18.4 Å². The fraction of sp³-hybridized carbons (Fsp3) is 0.312. The molecule has 2 N–H and O–H groups in total. The van der Waals surface area contributed by atoms with Crippen molar-refractivity contribution in [1.29, 1.82) is 0 Å². The molecule has 1 unspecified atom stereocenters. The van der Waals surface area contributed by atoms with Crippen LogP contribution in [0, 0.1) is 6.92 Å². The lowest BCUT2D eigenvalue weighted by Crippen LogP contribution is -2.23. The summed E-state index contributed by atoms with van der Waals surface area (Å²) in [6.07, 6.45) is 6.64. The van der Waals surface area contributed by atoms with E-state index in [1.165, 1.54) is 16.7 Å². The first-order valence-electron chi connectivity index (χ1n) is 6.44. The number of hydrogen-bond donors (Lipinski definition) is 1. The monoisotopic (exact) mass is 240 g/mol. The molecule has 0 aliphatic heterocycles. The Balaban J connectivity index is 1.83. The maximum atomic E-state index is 6.17. The second kappa shape index (κ2) is 6.31. The van der Waals surface area contributed by atoms with Gasteiger partial charge in [-0.1, -0.05) is 29.8 Å². The summed E-state index contributed by atoms with van der Waals surface area (Å²) in [5.41, 5.74) is 10.1. The third-order valence-electron chi connectivity index (χ3n) is 3.13. The summed E-state index contributed by atoms with van der Waals surface area (Å²) in [6.45, 7) is 2.13. The molecule has 0 aliphatic rings. The van der Waals surface area contributed by atoms with Gasteiger partial charge in [-0.3, -0.25) is 4.98 Å². The molecule has 94 valence electrons. The van der Waals surface area contributed by atoms with Crippen molar-refractivity contribution in [3.63, 3.8) is 0 Å². The lowest BCUT2D eigenvalue weighted by Gasteiger charge is -2.11. The Morgan fingerprint density at radius 2 is 1.89 bits per heavy atom. The van der Waals surface area contributed by atoms with Crippen LogP contribution in [0.1, 0.15) is 23.1 Å². The lowest BCUT2D eigenvalue weighted by atomic mass is 9.99.